The number of allylic oxidation sites excluding steroid dienone is 2. The zero-order chi connectivity index (χ0) is 54.0. The highest BCUT2D eigenvalue weighted by Gasteiger charge is 2.71. The summed E-state index contributed by atoms with van der Waals surface area (Å²) in [5.41, 5.74) is -1.41. The summed E-state index contributed by atoms with van der Waals surface area (Å²) in [6, 6.07) is 0. The van der Waals surface area contributed by atoms with E-state index < -0.39 is 172 Å². The Labute approximate surface area is 432 Å². The number of aliphatic hydroxyl groups is 14. The third-order valence-electron chi connectivity index (χ3n) is 20.8. The number of fused-ring (bicyclic) bond motifs is 7. The van der Waals surface area contributed by atoms with Crippen LogP contribution in [0, 0.1) is 50.2 Å². The van der Waals surface area contributed by atoms with Crippen LogP contribution >= 0.6 is 0 Å². The van der Waals surface area contributed by atoms with E-state index in [0.717, 1.165) is 32.1 Å². The number of hydrogen-bond donors (Lipinski definition) is 14. The van der Waals surface area contributed by atoms with Gasteiger partial charge in [0.2, 0.25) is 0 Å². The van der Waals surface area contributed by atoms with Gasteiger partial charge in [0.15, 0.2) is 25.2 Å². The Hall–Kier alpha value is -1.14. The molecule has 4 saturated carbocycles. The molecule has 14 N–H and O–H groups in total. The lowest BCUT2D eigenvalue weighted by atomic mass is 9.33. The Morgan fingerprint density at radius 3 is 1.81 bits per heavy atom. The average Bonchev–Trinajstić information content (AvgIpc) is 3.34. The van der Waals surface area contributed by atoms with Gasteiger partial charge in [-0.3, -0.25) is 0 Å². The Bertz CT molecular complexity index is 1990. The molecule has 0 aromatic heterocycles. The van der Waals surface area contributed by atoms with Gasteiger partial charge in [0, 0.05) is 0 Å². The standard InChI is InChI=1S/C52H86O22/c1-47(2)14-23-22-8-9-29-49(5)12-11-32(48(3,4)28(49)10-13-50(29,6)51(22,7)16-31(58)52(23,21-55)30(57)15-47)72-45-41(74-44-40(66)37(63)34(60)25(17-53)69-44)36(62)27(20-68-45)71-46-42(38(64)35(61)26(18-54)70-46)73-43-39(65)33(59)24(56)19-67-43/h8,23-46,53-66H,9-21H2,1-7H3/t23-,24+,25+,26+,27-,28-,29+,30-,31+,32-,33-,34+,35+,36-,37-,38-,39+,40+,41+,42+,43-,44-,45-,46-,49-,50+,51+,52+/m0/s1. The second-order valence-corrected chi connectivity index (χ2v) is 25.6. The van der Waals surface area contributed by atoms with Gasteiger partial charge in [-0.2, -0.15) is 0 Å². The van der Waals surface area contributed by atoms with E-state index in [4.69, 9.17) is 37.9 Å². The van der Waals surface area contributed by atoms with Gasteiger partial charge in [-0.15, -0.1) is 0 Å². The average molecular weight is 1060 g/mol. The molecule has 74 heavy (non-hydrogen) atoms. The first-order valence-corrected chi connectivity index (χ1v) is 26.8. The van der Waals surface area contributed by atoms with Gasteiger partial charge in [0.1, 0.15) is 85.5 Å². The molecule has 8 fully saturated rings. The molecule has 22 heteroatoms. The number of ether oxygens (including phenoxy) is 8. The first-order chi connectivity index (χ1) is 34.6. The number of hydrogen-bond acceptors (Lipinski definition) is 22. The molecule has 0 spiro atoms. The maximum Gasteiger partial charge on any atom is 0.187 e. The van der Waals surface area contributed by atoms with E-state index in [2.05, 4.69) is 54.5 Å². The van der Waals surface area contributed by atoms with E-state index in [1.807, 2.05) is 0 Å². The van der Waals surface area contributed by atoms with Gasteiger partial charge in [0.25, 0.3) is 0 Å². The van der Waals surface area contributed by atoms with Crippen LogP contribution in [0.25, 0.3) is 0 Å². The molecule has 4 aliphatic heterocycles. The lowest BCUT2D eigenvalue weighted by molar-refractivity contribution is -0.392. The predicted molar refractivity (Wildman–Crippen MR) is 253 cm³/mol. The quantitative estimate of drug-likeness (QED) is 0.0761. The third kappa shape index (κ3) is 9.11. The van der Waals surface area contributed by atoms with Gasteiger partial charge >= 0.3 is 0 Å². The Balaban J connectivity index is 0.974. The molecule has 22 nitrogen and oxygen atoms in total. The molecule has 9 aliphatic rings. The normalized spacial score (nSPS) is 55.2. The van der Waals surface area contributed by atoms with Crippen LogP contribution in [0.2, 0.25) is 0 Å². The lowest BCUT2D eigenvalue weighted by Gasteiger charge is -2.72. The van der Waals surface area contributed by atoms with Crippen molar-refractivity contribution in [1.29, 1.82) is 0 Å². The molecule has 4 saturated heterocycles. The third-order valence-corrected chi connectivity index (χ3v) is 20.8. The Morgan fingerprint density at radius 1 is 0.554 bits per heavy atom. The SMILES string of the molecule is CC1(C)C[C@H](O)[C@]2(CO)[C@H](O)C[C@]3(C)C(=CC[C@@H]4[C@@]5(C)CC[C@H](O[C@@H]6OC[C@H](O[C@@H]7O[C@H](CO)[C@@H](O)[C@H](O)[C@H]7O[C@@H]7OC[C@@H](O)[C@H](O)[C@H]7O)[C@H](O)[C@H]6O[C@@H]6O[C@H](CO)[C@@H](O)[C@H](O)[C@H]6O)C(C)(C)[C@@H]5CC[C@]43C)[C@@H]2C1. The van der Waals surface area contributed by atoms with Crippen molar-refractivity contribution in [2.45, 2.75) is 229 Å². The molecular formula is C52H86O22. The van der Waals surface area contributed by atoms with E-state index in [1.165, 1.54) is 5.57 Å². The largest absolute Gasteiger partial charge is 0.396 e. The molecule has 4 heterocycles. The highest BCUT2D eigenvalue weighted by atomic mass is 16.8. The molecule has 0 aromatic carbocycles. The topological polar surface area (TPSA) is 357 Å². The first-order valence-electron chi connectivity index (χ1n) is 26.8. The van der Waals surface area contributed by atoms with E-state index in [1.54, 1.807) is 0 Å². The molecule has 28 atom stereocenters. The fraction of sp³-hybridized carbons (Fsp3) is 0.962. The summed E-state index contributed by atoms with van der Waals surface area (Å²) in [4.78, 5) is 0. The van der Waals surface area contributed by atoms with Crippen LogP contribution in [0.3, 0.4) is 0 Å². The van der Waals surface area contributed by atoms with Gasteiger partial charge in [-0.25, -0.2) is 0 Å². The fourth-order valence-corrected chi connectivity index (χ4v) is 16.3. The molecule has 0 amide bonds. The maximum atomic E-state index is 12.3. The van der Waals surface area contributed by atoms with Crippen LogP contribution in [0.5, 0.6) is 0 Å². The van der Waals surface area contributed by atoms with Gasteiger partial charge in [-0.05, 0) is 96.2 Å². The summed E-state index contributed by atoms with van der Waals surface area (Å²) >= 11 is 0. The van der Waals surface area contributed by atoms with Crippen LogP contribution in [0.4, 0.5) is 0 Å². The van der Waals surface area contributed by atoms with E-state index >= 15 is 0 Å². The Kier molecular flexibility index (Phi) is 16.1. The first kappa shape index (κ1) is 57.5. The van der Waals surface area contributed by atoms with E-state index in [0.29, 0.717) is 19.3 Å². The molecular weight excluding hydrogens is 977 g/mol. The lowest BCUT2D eigenvalue weighted by Crippen LogP contribution is -2.69. The molecule has 0 aromatic rings. The maximum absolute atomic E-state index is 12.3. The smallest absolute Gasteiger partial charge is 0.187 e. The molecule has 426 valence electrons. The molecule has 5 aliphatic carbocycles. The monoisotopic (exact) mass is 1060 g/mol. The van der Waals surface area contributed by atoms with E-state index in [-0.39, 0.29) is 40.6 Å². The van der Waals surface area contributed by atoms with Gasteiger partial charge in [-0.1, -0.05) is 60.1 Å². The summed E-state index contributed by atoms with van der Waals surface area (Å²) in [6.45, 7) is 12.9. The summed E-state index contributed by atoms with van der Waals surface area (Å²) in [6.07, 6.45) is -24.5. The molecule has 0 radical (unpaired) electrons. The summed E-state index contributed by atoms with van der Waals surface area (Å²) in [5, 5.41) is 153. The zero-order valence-electron chi connectivity index (χ0n) is 43.7. The minimum absolute atomic E-state index is 0.0953. The summed E-state index contributed by atoms with van der Waals surface area (Å²) in [5.74, 6) is 0.101. The minimum atomic E-state index is -1.89. The van der Waals surface area contributed by atoms with Crippen molar-refractivity contribution in [3.05, 3.63) is 11.6 Å². The molecule has 0 bridgehead atoms. The van der Waals surface area contributed by atoms with Crippen molar-refractivity contribution in [3.63, 3.8) is 0 Å². The van der Waals surface area contributed by atoms with Crippen LogP contribution in [0.15, 0.2) is 11.6 Å². The molecule has 0 unspecified atom stereocenters. The summed E-state index contributed by atoms with van der Waals surface area (Å²) < 4.78 is 48.6. The second-order valence-electron chi connectivity index (χ2n) is 25.6. The van der Waals surface area contributed by atoms with Crippen molar-refractivity contribution in [2.24, 2.45) is 50.2 Å². The molecule has 9 rings (SSSR count). The second kappa shape index (κ2) is 20.8. The van der Waals surface area contributed by atoms with Crippen molar-refractivity contribution in [1.82, 2.24) is 0 Å². The fourth-order valence-electron chi connectivity index (χ4n) is 16.3. The number of rotatable bonds is 11. The van der Waals surface area contributed by atoms with E-state index in [9.17, 15) is 71.5 Å². The van der Waals surface area contributed by atoms with Crippen molar-refractivity contribution < 1.29 is 109 Å². The summed E-state index contributed by atoms with van der Waals surface area (Å²) in [7, 11) is 0. The van der Waals surface area contributed by atoms with Gasteiger partial charge < -0.3 is 109 Å². The van der Waals surface area contributed by atoms with Crippen LogP contribution < -0.4 is 0 Å². The highest BCUT2D eigenvalue weighted by molar-refractivity contribution is 5.36. The van der Waals surface area contributed by atoms with Crippen LogP contribution in [-0.2, 0) is 37.9 Å². The van der Waals surface area contributed by atoms with Crippen LogP contribution in [0.1, 0.15) is 99.8 Å². The van der Waals surface area contributed by atoms with Crippen molar-refractivity contribution in [2.75, 3.05) is 33.0 Å². The van der Waals surface area contributed by atoms with Crippen molar-refractivity contribution >= 4 is 0 Å². The minimum Gasteiger partial charge on any atom is -0.396 e. The Morgan fingerprint density at radius 2 is 1.15 bits per heavy atom. The zero-order valence-corrected chi connectivity index (χ0v) is 43.7. The number of aliphatic hydroxyl groups excluding tert-OH is 14. The predicted octanol–water partition coefficient (Wildman–Crippen LogP) is -2.34. The van der Waals surface area contributed by atoms with Crippen molar-refractivity contribution in [3.8, 4) is 0 Å². The van der Waals surface area contributed by atoms with Gasteiger partial charge in [0.05, 0.1) is 56.8 Å². The van der Waals surface area contributed by atoms with Crippen LogP contribution in [-0.4, -0.2) is 233 Å². The highest BCUT2D eigenvalue weighted by Crippen LogP contribution is 2.76.